The molecule has 0 saturated carbocycles. The van der Waals surface area contributed by atoms with Gasteiger partial charge < -0.3 is 14.6 Å². The standard InChI is InChI=1S/C22H30N2O3/c1-2-3-4-5-6-10-16-24(22(26)20-14-11-18-27-20)17-15-21(25)23-19-12-8-7-9-13-19/h7-9,11-14,18H,2-6,10,15-17H2,1H3,(H,23,25). The molecule has 2 aromatic rings. The van der Waals surface area contributed by atoms with E-state index in [2.05, 4.69) is 12.2 Å². The number of hydrogen-bond acceptors (Lipinski definition) is 3. The molecule has 1 N–H and O–H groups in total. The van der Waals surface area contributed by atoms with Gasteiger partial charge in [0.1, 0.15) is 0 Å². The Morgan fingerprint density at radius 3 is 2.37 bits per heavy atom. The third-order valence-corrected chi connectivity index (χ3v) is 4.47. The van der Waals surface area contributed by atoms with Gasteiger partial charge in [-0.1, -0.05) is 57.2 Å². The molecule has 5 heteroatoms. The molecule has 0 atom stereocenters. The highest BCUT2D eigenvalue weighted by atomic mass is 16.3. The van der Waals surface area contributed by atoms with Crippen LogP contribution < -0.4 is 5.32 Å². The molecule has 0 spiro atoms. The van der Waals surface area contributed by atoms with E-state index < -0.39 is 0 Å². The fourth-order valence-electron chi connectivity index (χ4n) is 2.94. The molecule has 0 fully saturated rings. The van der Waals surface area contributed by atoms with Crippen molar-refractivity contribution in [2.75, 3.05) is 18.4 Å². The normalized spacial score (nSPS) is 10.6. The van der Waals surface area contributed by atoms with Crippen molar-refractivity contribution in [3.05, 3.63) is 54.5 Å². The van der Waals surface area contributed by atoms with Gasteiger partial charge in [-0.25, -0.2) is 0 Å². The van der Waals surface area contributed by atoms with E-state index in [-0.39, 0.29) is 18.2 Å². The van der Waals surface area contributed by atoms with Crippen LogP contribution in [0.1, 0.15) is 62.4 Å². The summed E-state index contributed by atoms with van der Waals surface area (Å²) in [4.78, 5) is 26.6. The molecule has 27 heavy (non-hydrogen) atoms. The zero-order valence-electron chi connectivity index (χ0n) is 16.2. The van der Waals surface area contributed by atoms with Gasteiger partial charge in [-0.05, 0) is 30.7 Å². The molecule has 5 nitrogen and oxygen atoms in total. The number of carbonyl (C=O) groups excluding carboxylic acids is 2. The SMILES string of the molecule is CCCCCCCCN(CCC(=O)Nc1ccccc1)C(=O)c1ccco1. The molecule has 2 amide bonds. The Labute approximate surface area is 161 Å². The Morgan fingerprint density at radius 1 is 0.926 bits per heavy atom. The summed E-state index contributed by atoms with van der Waals surface area (Å²) in [6, 6.07) is 12.7. The molecule has 0 radical (unpaired) electrons. The molecule has 0 saturated heterocycles. The minimum atomic E-state index is -0.152. The van der Waals surface area contributed by atoms with Gasteiger partial charge in [-0.2, -0.15) is 0 Å². The van der Waals surface area contributed by atoms with Gasteiger partial charge in [-0.3, -0.25) is 9.59 Å². The number of para-hydroxylation sites is 1. The van der Waals surface area contributed by atoms with Gasteiger partial charge in [-0.15, -0.1) is 0 Å². The topological polar surface area (TPSA) is 62.6 Å². The largest absolute Gasteiger partial charge is 0.459 e. The lowest BCUT2D eigenvalue weighted by molar-refractivity contribution is -0.116. The van der Waals surface area contributed by atoms with Crippen molar-refractivity contribution in [3.8, 4) is 0 Å². The summed E-state index contributed by atoms with van der Waals surface area (Å²) in [5.41, 5.74) is 0.766. The van der Waals surface area contributed by atoms with Crippen LogP contribution in [0.15, 0.2) is 53.1 Å². The highest BCUT2D eigenvalue weighted by Crippen LogP contribution is 2.11. The zero-order chi connectivity index (χ0) is 19.3. The summed E-state index contributed by atoms with van der Waals surface area (Å²) in [5.74, 6) is 0.0758. The molecular formula is C22H30N2O3. The average molecular weight is 370 g/mol. The van der Waals surface area contributed by atoms with Crippen LogP contribution in [0.25, 0.3) is 0 Å². The van der Waals surface area contributed by atoms with Crippen LogP contribution in [-0.4, -0.2) is 29.8 Å². The molecule has 146 valence electrons. The van der Waals surface area contributed by atoms with Crippen molar-refractivity contribution < 1.29 is 14.0 Å². The van der Waals surface area contributed by atoms with E-state index in [0.29, 0.717) is 18.8 Å². The van der Waals surface area contributed by atoms with Crippen molar-refractivity contribution >= 4 is 17.5 Å². The van der Waals surface area contributed by atoms with Crippen molar-refractivity contribution in [1.29, 1.82) is 0 Å². The molecule has 1 aromatic heterocycles. The van der Waals surface area contributed by atoms with Crippen molar-refractivity contribution in [3.63, 3.8) is 0 Å². The van der Waals surface area contributed by atoms with Crippen LogP contribution >= 0.6 is 0 Å². The molecule has 1 aromatic carbocycles. The third-order valence-electron chi connectivity index (χ3n) is 4.47. The van der Waals surface area contributed by atoms with Gasteiger partial charge in [0.05, 0.1) is 6.26 Å². The van der Waals surface area contributed by atoms with E-state index in [1.54, 1.807) is 17.0 Å². The van der Waals surface area contributed by atoms with Gasteiger partial charge in [0.25, 0.3) is 5.91 Å². The third kappa shape index (κ3) is 7.69. The number of nitrogens with one attached hydrogen (secondary N) is 1. The van der Waals surface area contributed by atoms with E-state index in [0.717, 1.165) is 18.5 Å². The first-order valence-corrected chi connectivity index (χ1v) is 9.88. The first kappa shape index (κ1) is 20.7. The highest BCUT2D eigenvalue weighted by Gasteiger charge is 2.18. The van der Waals surface area contributed by atoms with E-state index in [1.807, 2.05) is 30.3 Å². The highest BCUT2D eigenvalue weighted by molar-refractivity contribution is 5.93. The van der Waals surface area contributed by atoms with Crippen LogP contribution in [0, 0.1) is 0 Å². The predicted octanol–water partition coefficient (Wildman–Crippen LogP) is 5.11. The van der Waals surface area contributed by atoms with Crippen LogP contribution in [0.5, 0.6) is 0 Å². The summed E-state index contributed by atoms with van der Waals surface area (Å²) in [6.45, 7) is 3.22. The molecular weight excluding hydrogens is 340 g/mol. The second-order valence-corrected chi connectivity index (χ2v) is 6.70. The number of hydrogen-bond donors (Lipinski definition) is 1. The fraction of sp³-hybridized carbons (Fsp3) is 0.455. The van der Waals surface area contributed by atoms with Crippen LogP contribution in [0.4, 0.5) is 5.69 Å². The Bertz CT molecular complexity index is 668. The monoisotopic (exact) mass is 370 g/mol. The summed E-state index contributed by atoms with van der Waals surface area (Å²) in [5, 5.41) is 2.86. The Hall–Kier alpha value is -2.56. The van der Waals surface area contributed by atoms with Gasteiger partial charge in [0.15, 0.2) is 5.76 Å². The minimum absolute atomic E-state index is 0.0959. The molecule has 0 aliphatic rings. The van der Waals surface area contributed by atoms with E-state index in [9.17, 15) is 9.59 Å². The number of nitrogens with zero attached hydrogens (tertiary/aromatic N) is 1. The lowest BCUT2D eigenvalue weighted by Crippen LogP contribution is -2.34. The van der Waals surface area contributed by atoms with E-state index in [1.165, 1.54) is 31.9 Å². The van der Waals surface area contributed by atoms with Crippen molar-refractivity contribution in [2.45, 2.75) is 51.9 Å². The quantitative estimate of drug-likeness (QED) is 0.528. The molecule has 0 aliphatic heterocycles. The summed E-state index contributed by atoms with van der Waals surface area (Å²) < 4.78 is 5.25. The summed E-state index contributed by atoms with van der Waals surface area (Å²) in [6.07, 6.45) is 8.70. The number of carbonyl (C=O) groups is 2. The van der Waals surface area contributed by atoms with Gasteiger partial charge in [0.2, 0.25) is 5.91 Å². The van der Waals surface area contributed by atoms with E-state index in [4.69, 9.17) is 4.42 Å². The molecule has 0 bridgehead atoms. The number of unbranched alkanes of at least 4 members (excludes halogenated alkanes) is 5. The van der Waals surface area contributed by atoms with Crippen LogP contribution in [-0.2, 0) is 4.79 Å². The minimum Gasteiger partial charge on any atom is -0.459 e. The Kier molecular flexibility index (Phi) is 9.18. The average Bonchev–Trinajstić information content (AvgIpc) is 3.22. The number of furan rings is 1. The number of anilines is 1. The Balaban J connectivity index is 1.83. The Morgan fingerprint density at radius 2 is 1.67 bits per heavy atom. The lowest BCUT2D eigenvalue weighted by Gasteiger charge is -2.21. The predicted molar refractivity (Wildman–Crippen MR) is 108 cm³/mol. The molecule has 0 aliphatic carbocycles. The second kappa shape index (κ2) is 11.9. The number of benzene rings is 1. The maximum Gasteiger partial charge on any atom is 0.289 e. The molecule has 1 heterocycles. The second-order valence-electron chi connectivity index (χ2n) is 6.70. The van der Waals surface area contributed by atoms with Crippen LogP contribution in [0.2, 0.25) is 0 Å². The first-order valence-electron chi connectivity index (χ1n) is 9.88. The first-order chi connectivity index (χ1) is 13.2. The van der Waals surface area contributed by atoms with E-state index >= 15 is 0 Å². The van der Waals surface area contributed by atoms with Gasteiger partial charge in [0, 0.05) is 25.2 Å². The molecule has 0 unspecified atom stereocenters. The summed E-state index contributed by atoms with van der Waals surface area (Å²) >= 11 is 0. The smallest absolute Gasteiger partial charge is 0.289 e. The number of rotatable bonds is 12. The van der Waals surface area contributed by atoms with Crippen LogP contribution in [0.3, 0.4) is 0 Å². The number of amides is 2. The van der Waals surface area contributed by atoms with Gasteiger partial charge >= 0.3 is 0 Å². The molecule has 2 rings (SSSR count). The van der Waals surface area contributed by atoms with Crippen molar-refractivity contribution in [1.82, 2.24) is 4.90 Å². The maximum atomic E-state index is 12.6. The summed E-state index contributed by atoms with van der Waals surface area (Å²) in [7, 11) is 0. The lowest BCUT2D eigenvalue weighted by atomic mass is 10.1. The maximum absolute atomic E-state index is 12.6. The van der Waals surface area contributed by atoms with Crippen molar-refractivity contribution in [2.24, 2.45) is 0 Å². The zero-order valence-corrected chi connectivity index (χ0v) is 16.2. The fourth-order valence-corrected chi connectivity index (χ4v) is 2.94.